The molecule has 2 heterocycles. The van der Waals surface area contributed by atoms with Crippen LogP contribution in [0.2, 0.25) is 0 Å². The predicted octanol–water partition coefficient (Wildman–Crippen LogP) is 2.12. The van der Waals surface area contributed by atoms with Gasteiger partial charge in [0.05, 0.1) is 16.0 Å². The highest BCUT2D eigenvalue weighted by Crippen LogP contribution is 2.14. The smallest absolute Gasteiger partial charge is 0.158 e. The third-order valence-corrected chi connectivity index (χ3v) is 2.80. The topological polar surface area (TPSA) is 42.7 Å². The highest BCUT2D eigenvalue weighted by molar-refractivity contribution is 14.1. The highest BCUT2D eigenvalue weighted by Gasteiger charge is 2.08. The Hall–Kier alpha value is -1.02. The molecular weight excluding hydrogens is 334 g/mol. The molecule has 0 saturated heterocycles. The highest BCUT2D eigenvalue weighted by atomic mass is 127. The zero-order valence-corrected chi connectivity index (χ0v) is 11.5. The number of hydrogen-bond donors (Lipinski definition) is 1. The van der Waals surface area contributed by atoms with Crippen LogP contribution in [0.3, 0.4) is 0 Å². The van der Waals surface area contributed by atoms with Gasteiger partial charge in [0, 0.05) is 18.3 Å². The minimum Gasteiger partial charge on any atom is -0.313 e. The summed E-state index contributed by atoms with van der Waals surface area (Å²) in [5.41, 5.74) is 0.798. The molecule has 6 heteroatoms. The third kappa shape index (κ3) is 3.01. The van der Waals surface area contributed by atoms with Crippen molar-refractivity contribution in [2.45, 2.75) is 13.5 Å². The molecule has 2 rings (SSSR count). The molecule has 2 aromatic heterocycles. The lowest BCUT2D eigenvalue weighted by atomic mass is 10.2. The van der Waals surface area contributed by atoms with E-state index in [4.69, 9.17) is 0 Å². The molecule has 0 atom stereocenters. The van der Waals surface area contributed by atoms with Crippen molar-refractivity contribution in [2.24, 2.45) is 0 Å². The van der Waals surface area contributed by atoms with E-state index < -0.39 is 0 Å². The molecule has 0 aliphatic rings. The van der Waals surface area contributed by atoms with Crippen LogP contribution < -0.4 is 5.32 Å². The van der Waals surface area contributed by atoms with Gasteiger partial charge in [0.15, 0.2) is 5.82 Å². The number of nitrogens with zero attached hydrogens (tertiary/aromatic N) is 3. The number of halogens is 2. The molecule has 0 amide bonds. The molecule has 0 aliphatic heterocycles. The lowest BCUT2D eigenvalue weighted by Crippen LogP contribution is -2.15. The Labute approximate surface area is 112 Å². The van der Waals surface area contributed by atoms with E-state index >= 15 is 0 Å². The molecular formula is C11H12FIN4. The lowest BCUT2D eigenvalue weighted by molar-refractivity contribution is 0.610. The molecule has 90 valence electrons. The monoisotopic (exact) mass is 346 g/mol. The van der Waals surface area contributed by atoms with Gasteiger partial charge in [-0.15, -0.1) is 0 Å². The van der Waals surface area contributed by atoms with Gasteiger partial charge in [0.1, 0.15) is 5.82 Å². The van der Waals surface area contributed by atoms with Crippen LogP contribution in [0.25, 0.3) is 5.82 Å². The first-order valence-corrected chi connectivity index (χ1v) is 6.34. The minimum atomic E-state index is -0.330. The lowest BCUT2D eigenvalue weighted by Gasteiger charge is -2.08. The van der Waals surface area contributed by atoms with Crippen LogP contribution in [0.4, 0.5) is 4.39 Å². The fraction of sp³-hybridized carbons (Fsp3) is 0.273. The zero-order chi connectivity index (χ0) is 12.3. The van der Waals surface area contributed by atoms with Crippen molar-refractivity contribution < 1.29 is 4.39 Å². The van der Waals surface area contributed by atoms with Crippen molar-refractivity contribution >= 4 is 22.6 Å². The maximum absolute atomic E-state index is 13.2. The van der Waals surface area contributed by atoms with Gasteiger partial charge in [-0.05, 0) is 35.2 Å². The Bertz CT molecular complexity index is 512. The second-order valence-corrected chi connectivity index (χ2v) is 4.77. The summed E-state index contributed by atoms with van der Waals surface area (Å²) in [5, 5.41) is 7.34. The molecule has 0 aromatic carbocycles. The van der Waals surface area contributed by atoms with Gasteiger partial charge in [-0.1, -0.05) is 6.92 Å². The number of aromatic nitrogens is 3. The van der Waals surface area contributed by atoms with Gasteiger partial charge < -0.3 is 5.32 Å². The average Bonchev–Trinajstić information content (AvgIpc) is 2.73. The number of pyridine rings is 1. The quantitative estimate of drug-likeness (QED) is 0.863. The number of hydrogen-bond acceptors (Lipinski definition) is 3. The molecule has 0 spiro atoms. The zero-order valence-electron chi connectivity index (χ0n) is 9.32. The normalized spacial score (nSPS) is 10.8. The fourth-order valence-electron chi connectivity index (χ4n) is 1.49. The number of nitrogens with one attached hydrogen (secondary N) is 1. The third-order valence-electron chi connectivity index (χ3n) is 2.24. The van der Waals surface area contributed by atoms with Gasteiger partial charge in [-0.2, -0.15) is 5.10 Å². The molecule has 1 N–H and O–H groups in total. The minimum absolute atomic E-state index is 0.330. The molecule has 2 aromatic rings. The summed E-state index contributed by atoms with van der Waals surface area (Å²) in [5.74, 6) is 0.332. The number of rotatable bonds is 4. The second kappa shape index (κ2) is 5.54. The van der Waals surface area contributed by atoms with E-state index in [1.807, 2.05) is 13.1 Å². The van der Waals surface area contributed by atoms with Crippen LogP contribution in [-0.2, 0) is 6.54 Å². The summed E-state index contributed by atoms with van der Waals surface area (Å²) >= 11 is 2.17. The summed E-state index contributed by atoms with van der Waals surface area (Å²) in [7, 11) is 0. The van der Waals surface area contributed by atoms with Crippen LogP contribution in [-0.4, -0.2) is 21.3 Å². The fourth-order valence-corrected chi connectivity index (χ4v) is 1.88. The average molecular weight is 346 g/mol. The summed E-state index contributed by atoms with van der Waals surface area (Å²) < 4.78 is 15.9. The first kappa shape index (κ1) is 12.4. The Morgan fingerprint density at radius 3 is 2.94 bits per heavy atom. The Morgan fingerprint density at radius 2 is 2.29 bits per heavy atom. The van der Waals surface area contributed by atoms with Gasteiger partial charge in [-0.3, -0.25) is 0 Å². The Kier molecular flexibility index (Phi) is 4.06. The van der Waals surface area contributed by atoms with Gasteiger partial charge in [0.25, 0.3) is 0 Å². The van der Waals surface area contributed by atoms with Gasteiger partial charge >= 0.3 is 0 Å². The van der Waals surface area contributed by atoms with Crippen LogP contribution in [0.15, 0.2) is 24.7 Å². The van der Waals surface area contributed by atoms with E-state index in [-0.39, 0.29) is 5.82 Å². The molecule has 0 unspecified atom stereocenters. The molecule has 0 radical (unpaired) electrons. The largest absolute Gasteiger partial charge is 0.313 e. The summed E-state index contributed by atoms with van der Waals surface area (Å²) in [6.45, 7) is 3.41. The first-order chi connectivity index (χ1) is 8.20. The van der Waals surface area contributed by atoms with Crippen molar-refractivity contribution in [1.82, 2.24) is 20.1 Å². The summed E-state index contributed by atoms with van der Waals surface area (Å²) in [6, 6.07) is 1.49. The van der Waals surface area contributed by atoms with E-state index in [0.29, 0.717) is 12.4 Å². The maximum atomic E-state index is 13.2. The predicted molar refractivity (Wildman–Crippen MR) is 71.4 cm³/mol. The van der Waals surface area contributed by atoms with Crippen molar-refractivity contribution in [1.29, 1.82) is 0 Å². The van der Waals surface area contributed by atoms with E-state index in [1.54, 1.807) is 10.9 Å². The standard InChI is InChI=1S/C11H12FIN4/c1-2-14-4-8-3-9(12)5-15-11(8)17-7-10(13)6-16-17/h3,5-7,14H,2,4H2,1H3. The SMILES string of the molecule is CCNCc1cc(F)cnc1-n1cc(I)cn1. The van der Waals surface area contributed by atoms with Crippen LogP contribution >= 0.6 is 22.6 Å². The second-order valence-electron chi connectivity index (χ2n) is 3.52. The van der Waals surface area contributed by atoms with Crippen molar-refractivity contribution in [2.75, 3.05) is 6.54 Å². The Morgan fingerprint density at radius 1 is 1.47 bits per heavy atom. The first-order valence-electron chi connectivity index (χ1n) is 5.26. The molecule has 4 nitrogen and oxygen atoms in total. The molecule has 0 fully saturated rings. The molecule has 17 heavy (non-hydrogen) atoms. The summed E-state index contributed by atoms with van der Waals surface area (Å²) in [4.78, 5) is 4.10. The molecule has 0 saturated carbocycles. The van der Waals surface area contributed by atoms with E-state index in [2.05, 4.69) is 38.0 Å². The maximum Gasteiger partial charge on any atom is 0.158 e. The summed E-state index contributed by atoms with van der Waals surface area (Å²) in [6.07, 6.45) is 4.80. The van der Waals surface area contributed by atoms with Crippen molar-refractivity contribution in [3.63, 3.8) is 0 Å². The Balaban J connectivity index is 2.38. The van der Waals surface area contributed by atoms with Crippen LogP contribution in [0, 0.1) is 9.39 Å². The van der Waals surface area contributed by atoms with Crippen molar-refractivity contribution in [3.8, 4) is 5.82 Å². The van der Waals surface area contributed by atoms with Crippen LogP contribution in [0.5, 0.6) is 0 Å². The van der Waals surface area contributed by atoms with Crippen LogP contribution in [0.1, 0.15) is 12.5 Å². The van der Waals surface area contributed by atoms with E-state index in [9.17, 15) is 4.39 Å². The van der Waals surface area contributed by atoms with Gasteiger partial charge in [0.2, 0.25) is 0 Å². The van der Waals surface area contributed by atoms with E-state index in [0.717, 1.165) is 15.7 Å². The van der Waals surface area contributed by atoms with Gasteiger partial charge in [-0.25, -0.2) is 14.1 Å². The molecule has 0 aliphatic carbocycles. The molecule has 0 bridgehead atoms. The van der Waals surface area contributed by atoms with E-state index in [1.165, 1.54) is 12.3 Å². The van der Waals surface area contributed by atoms with Crippen molar-refractivity contribution in [3.05, 3.63) is 39.6 Å².